The average molecular weight is 354 g/mol. The Bertz CT molecular complexity index is 738. The molecule has 26 heavy (non-hydrogen) atoms. The summed E-state index contributed by atoms with van der Waals surface area (Å²) in [6.07, 6.45) is 3.39. The summed E-state index contributed by atoms with van der Waals surface area (Å²) in [6, 6.07) is 14.0. The van der Waals surface area contributed by atoms with Crippen LogP contribution in [0.15, 0.2) is 42.5 Å². The molecule has 1 aliphatic carbocycles. The topological polar surface area (TPSA) is 15.7 Å². The maximum atomic E-state index is 13.0. The SMILES string of the molecule is COc1ccc2c(c1)C(N1CCN(CCc3ccc(F)cc3)CC1)CC2. The van der Waals surface area contributed by atoms with Crippen molar-refractivity contribution >= 4 is 0 Å². The Balaban J connectivity index is 1.31. The van der Waals surface area contributed by atoms with Crippen LogP contribution in [0, 0.1) is 5.82 Å². The molecule has 0 amide bonds. The fraction of sp³-hybridized carbons (Fsp3) is 0.455. The summed E-state index contributed by atoms with van der Waals surface area (Å²) in [7, 11) is 1.74. The van der Waals surface area contributed by atoms with Gasteiger partial charge in [-0.3, -0.25) is 4.90 Å². The highest BCUT2D eigenvalue weighted by Gasteiger charge is 2.30. The molecule has 4 heteroatoms. The van der Waals surface area contributed by atoms with Crippen LogP contribution < -0.4 is 4.74 Å². The molecule has 0 saturated carbocycles. The molecule has 0 spiro atoms. The molecule has 2 aromatic rings. The molecule has 0 N–H and O–H groups in total. The van der Waals surface area contributed by atoms with E-state index in [0.29, 0.717) is 6.04 Å². The quantitative estimate of drug-likeness (QED) is 0.815. The number of hydrogen-bond donors (Lipinski definition) is 0. The fourth-order valence-corrected chi connectivity index (χ4v) is 4.30. The minimum atomic E-state index is -0.157. The molecule has 2 aromatic carbocycles. The van der Waals surface area contributed by atoms with Gasteiger partial charge in [0.2, 0.25) is 0 Å². The van der Waals surface area contributed by atoms with Crippen molar-refractivity contribution < 1.29 is 9.13 Å². The van der Waals surface area contributed by atoms with Crippen molar-refractivity contribution in [1.29, 1.82) is 0 Å². The van der Waals surface area contributed by atoms with Crippen molar-refractivity contribution in [2.75, 3.05) is 39.8 Å². The Labute approximate surface area is 155 Å². The zero-order valence-electron chi connectivity index (χ0n) is 15.5. The number of halogens is 1. The fourth-order valence-electron chi connectivity index (χ4n) is 4.30. The van der Waals surface area contributed by atoms with Crippen molar-refractivity contribution in [2.45, 2.75) is 25.3 Å². The summed E-state index contributed by atoms with van der Waals surface area (Å²) in [4.78, 5) is 5.17. The van der Waals surface area contributed by atoms with Crippen LogP contribution >= 0.6 is 0 Å². The summed E-state index contributed by atoms with van der Waals surface area (Å²) in [6.45, 7) is 5.50. The van der Waals surface area contributed by atoms with Crippen LogP contribution in [0.25, 0.3) is 0 Å². The van der Waals surface area contributed by atoms with Gasteiger partial charge >= 0.3 is 0 Å². The van der Waals surface area contributed by atoms with Gasteiger partial charge in [-0.15, -0.1) is 0 Å². The summed E-state index contributed by atoms with van der Waals surface area (Å²) in [5, 5.41) is 0. The molecule has 0 aromatic heterocycles. The minimum absolute atomic E-state index is 0.157. The number of benzene rings is 2. The predicted octanol–water partition coefficient (Wildman–Crippen LogP) is 3.68. The van der Waals surface area contributed by atoms with Crippen LogP contribution in [0.3, 0.4) is 0 Å². The summed E-state index contributed by atoms with van der Waals surface area (Å²) < 4.78 is 18.4. The lowest BCUT2D eigenvalue weighted by atomic mass is 10.1. The predicted molar refractivity (Wildman–Crippen MR) is 102 cm³/mol. The molecule has 1 heterocycles. The summed E-state index contributed by atoms with van der Waals surface area (Å²) in [5.41, 5.74) is 4.16. The first-order valence-electron chi connectivity index (χ1n) is 9.60. The standard InChI is InChI=1S/C22H27FN2O/c1-26-20-8-4-18-5-9-22(21(18)16-20)25-14-12-24(13-15-25)11-10-17-2-6-19(23)7-3-17/h2-4,6-8,16,22H,5,9-15H2,1H3. The Kier molecular flexibility index (Phi) is 5.23. The van der Waals surface area contributed by atoms with Gasteiger partial charge in [-0.1, -0.05) is 18.2 Å². The highest BCUT2D eigenvalue weighted by molar-refractivity contribution is 5.41. The molecular formula is C22H27FN2O. The molecule has 3 nitrogen and oxygen atoms in total. The van der Waals surface area contributed by atoms with Gasteiger partial charge in [-0.05, 0) is 60.2 Å². The molecule has 0 bridgehead atoms. The van der Waals surface area contributed by atoms with E-state index in [-0.39, 0.29) is 5.82 Å². The molecule has 138 valence electrons. The number of rotatable bonds is 5. The van der Waals surface area contributed by atoms with Crippen LogP contribution in [0.4, 0.5) is 4.39 Å². The van der Waals surface area contributed by atoms with E-state index in [2.05, 4.69) is 28.0 Å². The number of methoxy groups -OCH3 is 1. The molecule has 1 unspecified atom stereocenters. The van der Waals surface area contributed by atoms with Crippen LogP contribution in [0.1, 0.15) is 29.2 Å². The van der Waals surface area contributed by atoms with Crippen molar-refractivity contribution in [3.05, 3.63) is 65.0 Å². The Morgan fingerprint density at radius 1 is 1.04 bits per heavy atom. The number of aryl methyl sites for hydroxylation is 1. The molecular weight excluding hydrogens is 327 g/mol. The molecule has 1 saturated heterocycles. The summed E-state index contributed by atoms with van der Waals surface area (Å²) in [5.74, 6) is 0.810. The van der Waals surface area contributed by atoms with E-state index in [0.717, 1.165) is 44.9 Å². The van der Waals surface area contributed by atoms with Crippen LogP contribution in [-0.4, -0.2) is 49.6 Å². The van der Waals surface area contributed by atoms with Gasteiger partial charge in [-0.2, -0.15) is 0 Å². The largest absolute Gasteiger partial charge is 0.497 e. The number of fused-ring (bicyclic) bond motifs is 1. The Morgan fingerprint density at radius 2 is 1.81 bits per heavy atom. The third kappa shape index (κ3) is 3.76. The zero-order chi connectivity index (χ0) is 17.9. The third-order valence-electron chi connectivity index (χ3n) is 5.88. The van der Waals surface area contributed by atoms with Gasteiger partial charge in [-0.25, -0.2) is 4.39 Å². The first-order valence-corrected chi connectivity index (χ1v) is 9.60. The highest BCUT2D eigenvalue weighted by Crippen LogP contribution is 2.38. The lowest BCUT2D eigenvalue weighted by Gasteiger charge is -2.38. The van der Waals surface area contributed by atoms with E-state index < -0.39 is 0 Å². The maximum absolute atomic E-state index is 13.0. The van der Waals surface area contributed by atoms with Gasteiger partial charge in [0.25, 0.3) is 0 Å². The van der Waals surface area contributed by atoms with Crippen molar-refractivity contribution in [1.82, 2.24) is 9.80 Å². The van der Waals surface area contributed by atoms with Gasteiger partial charge < -0.3 is 9.64 Å². The van der Waals surface area contributed by atoms with Crippen LogP contribution in [-0.2, 0) is 12.8 Å². The molecule has 1 aliphatic heterocycles. The lowest BCUT2D eigenvalue weighted by Crippen LogP contribution is -2.47. The van der Waals surface area contributed by atoms with Gasteiger partial charge in [0.1, 0.15) is 11.6 Å². The first-order chi connectivity index (χ1) is 12.7. The van der Waals surface area contributed by atoms with Gasteiger partial charge in [0.15, 0.2) is 0 Å². The van der Waals surface area contributed by atoms with E-state index in [1.54, 1.807) is 19.2 Å². The van der Waals surface area contributed by atoms with Crippen molar-refractivity contribution in [2.24, 2.45) is 0 Å². The van der Waals surface area contributed by atoms with Crippen molar-refractivity contribution in [3.8, 4) is 5.75 Å². The van der Waals surface area contributed by atoms with Crippen molar-refractivity contribution in [3.63, 3.8) is 0 Å². The molecule has 2 aliphatic rings. The monoisotopic (exact) mass is 354 g/mol. The van der Waals surface area contributed by atoms with E-state index in [1.165, 1.54) is 29.5 Å². The third-order valence-corrected chi connectivity index (χ3v) is 5.88. The van der Waals surface area contributed by atoms with E-state index in [4.69, 9.17) is 4.74 Å². The molecule has 1 atom stereocenters. The lowest BCUT2D eigenvalue weighted by molar-refractivity contribution is 0.0966. The minimum Gasteiger partial charge on any atom is -0.497 e. The molecule has 4 rings (SSSR count). The first kappa shape index (κ1) is 17.5. The molecule has 0 radical (unpaired) electrons. The second-order valence-electron chi connectivity index (χ2n) is 7.37. The van der Waals surface area contributed by atoms with Gasteiger partial charge in [0, 0.05) is 38.8 Å². The number of piperazine rings is 1. The second kappa shape index (κ2) is 7.77. The average Bonchev–Trinajstić information content (AvgIpc) is 3.11. The number of ether oxygens (including phenoxy) is 1. The second-order valence-corrected chi connectivity index (χ2v) is 7.37. The summed E-state index contributed by atoms with van der Waals surface area (Å²) >= 11 is 0. The van der Waals surface area contributed by atoms with E-state index in [1.807, 2.05) is 12.1 Å². The Hall–Kier alpha value is -1.91. The van der Waals surface area contributed by atoms with Crippen LogP contribution in [0.2, 0.25) is 0 Å². The van der Waals surface area contributed by atoms with E-state index >= 15 is 0 Å². The Morgan fingerprint density at radius 3 is 2.54 bits per heavy atom. The highest BCUT2D eigenvalue weighted by atomic mass is 19.1. The zero-order valence-corrected chi connectivity index (χ0v) is 15.5. The molecule has 1 fully saturated rings. The number of hydrogen-bond acceptors (Lipinski definition) is 3. The van der Waals surface area contributed by atoms with Gasteiger partial charge in [0.05, 0.1) is 7.11 Å². The smallest absolute Gasteiger partial charge is 0.123 e. The number of nitrogens with zero attached hydrogens (tertiary/aromatic N) is 2. The normalized spacial score (nSPS) is 20.9. The van der Waals surface area contributed by atoms with E-state index in [9.17, 15) is 4.39 Å². The van der Waals surface area contributed by atoms with Crippen LogP contribution in [0.5, 0.6) is 5.75 Å². The maximum Gasteiger partial charge on any atom is 0.123 e.